The maximum atomic E-state index is 13.5. The summed E-state index contributed by atoms with van der Waals surface area (Å²) >= 11 is 0. The number of aliphatic hydroxyl groups excluding tert-OH is 1. The molecule has 2 aromatic rings. The Morgan fingerprint density at radius 2 is 2.00 bits per heavy atom. The van der Waals surface area contributed by atoms with Gasteiger partial charge in [-0.3, -0.25) is 0 Å². The number of nitrogens with one attached hydrogen (secondary N) is 1. The molecule has 1 atom stereocenters. The molecule has 0 saturated heterocycles. The highest BCUT2D eigenvalue weighted by Crippen LogP contribution is 2.16. The summed E-state index contributed by atoms with van der Waals surface area (Å²) in [5.41, 5.74) is 1.61. The van der Waals surface area contributed by atoms with Gasteiger partial charge in [-0.2, -0.15) is 0 Å². The van der Waals surface area contributed by atoms with Crippen LogP contribution in [0, 0.1) is 5.82 Å². The second-order valence-corrected chi connectivity index (χ2v) is 5.20. The Balaban J connectivity index is 1.92. The molecule has 2 rings (SSSR count). The molecule has 0 aliphatic carbocycles. The first kappa shape index (κ1) is 16.5. The van der Waals surface area contributed by atoms with Crippen molar-refractivity contribution in [2.75, 3.05) is 6.61 Å². The molecule has 0 spiro atoms. The summed E-state index contributed by atoms with van der Waals surface area (Å²) < 4.78 is 19.2. The van der Waals surface area contributed by atoms with Crippen molar-refractivity contribution in [3.63, 3.8) is 0 Å². The van der Waals surface area contributed by atoms with E-state index in [2.05, 4.69) is 5.32 Å². The molecule has 1 unspecified atom stereocenters. The molecule has 0 aliphatic rings. The molecule has 0 aliphatic heterocycles. The van der Waals surface area contributed by atoms with Gasteiger partial charge in [-0.15, -0.1) is 0 Å². The molecular formula is C18H22FNO2. The smallest absolute Gasteiger partial charge is 0.129 e. The van der Waals surface area contributed by atoms with Crippen molar-refractivity contribution in [2.24, 2.45) is 0 Å². The lowest BCUT2D eigenvalue weighted by Gasteiger charge is -2.14. The van der Waals surface area contributed by atoms with Crippen molar-refractivity contribution >= 4 is 0 Å². The average Bonchev–Trinajstić information content (AvgIpc) is 2.55. The van der Waals surface area contributed by atoms with E-state index in [0.29, 0.717) is 17.9 Å². The lowest BCUT2D eigenvalue weighted by molar-refractivity contribution is 0.238. The standard InChI is InChI=1S/C18H22FNO2/c1-2-16(12-21)20-11-14-6-5-8-17(10-14)22-13-15-7-3-4-9-18(15)19/h3-10,16,20-21H,2,11-13H2,1H3. The van der Waals surface area contributed by atoms with Gasteiger partial charge in [-0.1, -0.05) is 37.3 Å². The van der Waals surface area contributed by atoms with Gasteiger partial charge >= 0.3 is 0 Å². The molecule has 0 amide bonds. The first-order valence-electron chi connectivity index (χ1n) is 7.52. The second-order valence-electron chi connectivity index (χ2n) is 5.20. The third kappa shape index (κ3) is 4.83. The van der Waals surface area contributed by atoms with Crippen molar-refractivity contribution < 1.29 is 14.2 Å². The van der Waals surface area contributed by atoms with Crippen LogP contribution in [0.15, 0.2) is 48.5 Å². The van der Waals surface area contributed by atoms with E-state index < -0.39 is 0 Å². The van der Waals surface area contributed by atoms with Crippen LogP contribution in [0.3, 0.4) is 0 Å². The fourth-order valence-corrected chi connectivity index (χ4v) is 2.12. The molecule has 2 N–H and O–H groups in total. The van der Waals surface area contributed by atoms with Crippen LogP contribution in [0.5, 0.6) is 5.75 Å². The largest absolute Gasteiger partial charge is 0.489 e. The van der Waals surface area contributed by atoms with E-state index in [0.717, 1.165) is 12.0 Å². The van der Waals surface area contributed by atoms with E-state index in [1.807, 2.05) is 31.2 Å². The van der Waals surface area contributed by atoms with Crippen LogP contribution < -0.4 is 10.1 Å². The SMILES string of the molecule is CCC(CO)NCc1cccc(OCc2ccccc2F)c1. The quantitative estimate of drug-likeness (QED) is 0.786. The van der Waals surface area contributed by atoms with Crippen LogP contribution in [-0.2, 0) is 13.2 Å². The van der Waals surface area contributed by atoms with Crippen molar-refractivity contribution in [2.45, 2.75) is 32.5 Å². The Morgan fingerprint density at radius 3 is 2.73 bits per heavy atom. The van der Waals surface area contributed by atoms with E-state index in [-0.39, 0.29) is 25.1 Å². The zero-order chi connectivity index (χ0) is 15.8. The topological polar surface area (TPSA) is 41.5 Å². The summed E-state index contributed by atoms with van der Waals surface area (Å²) in [7, 11) is 0. The first-order valence-corrected chi connectivity index (χ1v) is 7.52. The van der Waals surface area contributed by atoms with E-state index in [1.165, 1.54) is 6.07 Å². The van der Waals surface area contributed by atoms with Crippen LogP contribution in [0.25, 0.3) is 0 Å². The Bertz CT molecular complexity index is 585. The molecule has 2 aromatic carbocycles. The van der Waals surface area contributed by atoms with E-state index in [4.69, 9.17) is 4.74 Å². The maximum Gasteiger partial charge on any atom is 0.129 e. The van der Waals surface area contributed by atoms with Gasteiger partial charge in [0.05, 0.1) is 6.61 Å². The van der Waals surface area contributed by atoms with Gasteiger partial charge < -0.3 is 15.2 Å². The van der Waals surface area contributed by atoms with E-state index in [1.54, 1.807) is 18.2 Å². The number of hydrogen-bond acceptors (Lipinski definition) is 3. The molecule has 3 nitrogen and oxygen atoms in total. The van der Waals surface area contributed by atoms with Crippen LogP contribution in [0.4, 0.5) is 4.39 Å². The molecule has 22 heavy (non-hydrogen) atoms. The number of halogens is 1. The lowest BCUT2D eigenvalue weighted by atomic mass is 10.2. The van der Waals surface area contributed by atoms with Crippen molar-refractivity contribution in [1.29, 1.82) is 0 Å². The highest BCUT2D eigenvalue weighted by molar-refractivity contribution is 5.29. The second kappa shape index (κ2) is 8.51. The summed E-state index contributed by atoms with van der Waals surface area (Å²) in [5.74, 6) is 0.452. The minimum Gasteiger partial charge on any atom is -0.489 e. The maximum absolute atomic E-state index is 13.5. The predicted octanol–water partition coefficient (Wildman–Crippen LogP) is 3.27. The van der Waals surface area contributed by atoms with Gasteiger partial charge in [0.1, 0.15) is 18.2 Å². The molecule has 0 fully saturated rings. The summed E-state index contributed by atoms with van der Waals surface area (Å²) in [4.78, 5) is 0. The molecule has 4 heteroatoms. The summed E-state index contributed by atoms with van der Waals surface area (Å²) in [6.07, 6.45) is 0.875. The number of hydrogen-bond donors (Lipinski definition) is 2. The zero-order valence-electron chi connectivity index (χ0n) is 12.8. The Labute approximate surface area is 130 Å². The molecule has 0 radical (unpaired) electrons. The Hall–Kier alpha value is -1.91. The minimum atomic E-state index is -0.256. The third-order valence-corrected chi connectivity index (χ3v) is 3.56. The number of rotatable bonds is 8. The fraction of sp³-hybridized carbons (Fsp3) is 0.333. The number of aliphatic hydroxyl groups is 1. The molecule has 0 heterocycles. The van der Waals surface area contributed by atoms with Gasteiger partial charge in [0.15, 0.2) is 0 Å². The van der Waals surface area contributed by atoms with Gasteiger partial charge in [0, 0.05) is 18.2 Å². The molecule has 0 aromatic heterocycles. The van der Waals surface area contributed by atoms with Crippen molar-refractivity contribution in [1.82, 2.24) is 5.32 Å². The van der Waals surface area contributed by atoms with E-state index in [9.17, 15) is 9.50 Å². The van der Waals surface area contributed by atoms with Crippen molar-refractivity contribution in [3.8, 4) is 5.75 Å². The zero-order valence-corrected chi connectivity index (χ0v) is 12.8. The van der Waals surface area contributed by atoms with Crippen molar-refractivity contribution in [3.05, 3.63) is 65.5 Å². The minimum absolute atomic E-state index is 0.1000. The number of benzene rings is 2. The van der Waals surface area contributed by atoms with Gasteiger partial charge in [0.25, 0.3) is 0 Å². The van der Waals surface area contributed by atoms with Crippen LogP contribution >= 0.6 is 0 Å². The first-order chi connectivity index (χ1) is 10.7. The van der Waals surface area contributed by atoms with Crippen LogP contribution in [-0.4, -0.2) is 17.8 Å². The molecule has 118 valence electrons. The molecule has 0 saturated carbocycles. The predicted molar refractivity (Wildman–Crippen MR) is 85.2 cm³/mol. The van der Waals surface area contributed by atoms with Crippen LogP contribution in [0.2, 0.25) is 0 Å². The molecular weight excluding hydrogens is 281 g/mol. The third-order valence-electron chi connectivity index (χ3n) is 3.56. The lowest BCUT2D eigenvalue weighted by Crippen LogP contribution is -2.31. The summed E-state index contributed by atoms with van der Waals surface area (Å²) in [6, 6.07) is 14.4. The highest BCUT2D eigenvalue weighted by Gasteiger charge is 2.05. The summed E-state index contributed by atoms with van der Waals surface area (Å²) in [6.45, 7) is 3.02. The Morgan fingerprint density at radius 1 is 1.18 bits per heavy atom. The fourth-order valence-electron chi connectivity index (χ4n) is 2.12. The van der Waals surface area contributed by atoms with E-state index >= 15 is 0 Å². The monoisotopic (exact) mass is 303 g/mol. The number of ether oxygens (including phenoxy) is 1. The average molecular weight is 303 g/mol. The van der Waals surface area contributed by atoms with Gasteiger partial charge in [-0.25, -0.2) is 4.39 Å². The Kier molecular flexibility index (Phi) is 6.37. The summed E-state index contributed by atoms with van der Waals surface area (Å²) in [5, 5.41) is 12.5. The van der Waals surface area contributed by atoms with Crippen LogP contribution in [0.1, 0.15) is 24.5 Å². The normalized spacial score (nSPS) is 12.1. The molecule has 0 bridgehead atoms. The highest BCUT2D eigenvalue weighted by atomic mass is 19.1. The van der Waals surface area contributed by atoms with Gasteiger partial charge in [0.2, 0.25) is 0 Å². The van der Waals surface area contributed by atoms with Gasteiger partial charge in [-0.05, 0) is 30.2 Å².